The smallest absolute Gasteiger partial charge is 0.271 e. The van der Waals surface area contributed by atoms with Crippen LogP contribution >= 0.6 is 0 Å². The van der Waals surface area contributed by atoms with Crippen molar-refractivity contribution in [2.24, 2.45) is 5.92 Å². The molecule has 116 valence electrons. The number of nitrogens with zero attached hydrogens (tertiary/aromatic N) is 2. The fourth-order valence-corrected chi connectivity index (χ4v) is 1.87. The van der Waals surface area contributed by atoms with Gasteiger partial charge in [0.15, 0.2) is 11.5 Å². The Morgan fingerprint density at radius 1 is 1.09 bits per heavy atom. The molecule has 5 nitrogen and oxygen atoms in total. The van der Waals surface area contributed by atoms with Crippen molar-refractivity contribution in [3.05, 3.63) is 47.2 Å². The third kappa shape index (κ3) is 4.28. The van der Waals surface area contributed by atoms with E-state index >= 15 is 0 Å². The van der Waals surface area contributed by atoms with E-state index in [2.05, 4.69) is 46.8 Å². The Morgan fingerprint density at radius 3 is 2.45 bits per heavy atom. The lowest BCUT2D eigenvalue weighted by Gasteiger charge is -2.09. The number of amides is 1. The van der Waals surface area contributed by atoms with E-state index in [9.17, 15) is 4.79 Å². The van der Waals surface area contributed by atoms with Crippen LogP contribution in [0, 0.1) is 19.8 Å². The summed E-state index contributed by atoms with van der Waals surface area (Å²) in [5, 5.41) is 14.0. The predicted molar refractivity (Wildman–Crippen MR) is 88.4 cm³/mol. The van der Waals surface area contributed by atoms with Gasteiger partial charge in [0.05, 0.1) is 0 Å². The standard InChI is InChI=1S/C17H22N4O/c1-11(2)10-18-17(22)15-7-8-16(21-20-15)19-14-6-5-12(3)13(4)9-14/h5-9,11H,10H2,1-4H3,(H,18,22)(H,19,21). The van der Waals surface area contributed by atoms with Crippen LogP contribution < -0.4 is 10.6 Å². The first-order valence-corrected chi connectivity index (χ1v) is 7.42. The van der Waals surface area contributed by atoms with E-state index in [-0.39, 0.29) is 5.91 Å². The van der Waals surface area contributed by atoms with Gasteiger partial charge in [0.1, 0.15) is 0 Å². The van der Waals surface area contributed by atoms with Gasteiger partial charge in [0, 0.05) is 12.2 Å². The summed E-state index contributed by atoms with van der Waals surface area (Å²) < 4.78 is 0. The van der Waals surface area contributed by atoms with Crippen molar-refractivity contribution < 1.29 is 4.79 Å². The zero-order valence-electron chi connectivity index (χ0n) is 13.5. The van der Waals surface area contributed by atoms with Gasteiger partial charge < -0.3 is 10.6 Å². The summed E-state index contributed by atoms with van der Waals surface area (Å²) in [5.74, 6) is 0.824. The maximum absolute atomic E-state index is 11.9. The average molecular weight is 298 g/mol. The van der Waals surface area contributed by atoms with Crippen molar-refractivity contribution in [2.45, 2.75) is 27.7 Å². The first-order valence-electron chi connectivity index (χ1n) is 7.42. The second kappa shape index (κ2) is 7.02. The summed E-state index contributed by atoms with van der Waals surface area (Å²) in [7, 11) is 0. The number of aryl methyl sites for hydroxylation is 2. The summed E-state index contributed by atoms with van der Waals surface area (Å²) >= 11 is 0. The molecule has 0 radical (unpaired) electrons. The molecule has 1 amide bonds. The summed E-state index contributed by atoms with van der Waals surface area (Å²) in [6, 6.07) is 9.53. The molecule has 0 fully saturated rings. The molecular formula is C17H22N4O. The molecule has 1 aromatic carbocycles. The molecule has 2 rings (SSSR count). The molecule has 1 aromatic heterocycles. The Labute approximate surface area is 131 Å². The van der Waals surface area contributed by atoms with E-state index in [4.69, 9.17) is 0 Å². The van der Waals surface area contributed by atoms with E-state index in [1.54, 1.807) is 12.1 Å². The second-order valence-corrected chi connectivity index (χ2v) is 5.83. The quantitative estimate of drug-likeness (QED) is 0.889. The highest BCUT2D eigenvalue weighted by Crippen LogP contribution is 2.17. The van der Waals surface area contributed by atoms with Crippen LogP contribution in [-0.2, 0) is 0 Å². The van der Waals surface area contributed by atoms with Gasteiger partial charge in [-0.1, -0.05) is 19.9 Å². The SMILES string of the molecule is Cc1ccc(Nc2ccc(C(=O)NCC(C)C)nn2)cc1C. The first-order chi connectivity index (χ1) is 10.5. The summed E-state index contributed by atoms with van der Waals surface area (Å²) in [6.45, 7) is 8.85. The van der Waals surface area contributed by atoms with Gasteiger partial charge in [-0.15, -0.1) is 10.2 Å². The van der Waals surface area contributed by atoms with E-state index in [1.165, 1.54) is 11.1 Å². The molecule has 0 aliphatic heterocycles. The Morgan fingerprint density at radius 2 is 1.86 bits per heavy atom. The summed E-state index contributed by atoms with van der Waals surface area (Å²) in [5.41, 5.74) is 3.73. The molecular weight excluding hydrogens is 276 g/mol. The third-order valence-electron chi connectivity index (χ3n) is 3.35. The van der Waals surface area contributed by atoms with Crippen LogP contribution in [0.4, 0.5) is 11.5 Å². The lowest BCUT2D eigenvalue weighted by atomic mass is 10.1. The zero-order valence-corrected chi connectivity index (χ0v) is 13.5. The molecule has 0 atom stereocenters. The number of anilines is 2. The largest absolute Gasteiger partial charge is 0.350 e. The van der Waals surface area contributed by atoms with E-state index in [1.807, 2.05) is 19.9 Å². The van der Waals surface area contributed by atoms with Crippen LogP contribution in [0.2, 0.25) is 0 Å². The van der Waals surface area contributed by atoms with Gasteiger partial charge in [-0.05, 0) is 55.2 Å². The number of aromatic nitrogens is 2. The van der Waals surface area contributed by atoms with Gasteiger partial charge >= 0.3 is 0 Å². The molecule has 22 heavy (non-hydrogen) atoms. The van der Waals surface area contributed by atoms with Crippen LogP contribution in [0.3, 0.4) is 0 Å². The normalized spacial score (nSPS) is 10.6. The number of hydrogen-bond acceptors (Lipinski definition) is 4. The molecule has 0 saturated heterocycles. The average Bonchev–Trinajstić information content (AvgIpc) is 2.49. The van der Waals surface area contributed by atoms with Crippen molar-refractivity contribution in [1.82, 2.24) is 15.5 Å². The number of nitrogens with one attached hydrogen (secondary N) is 2. The minimum atomic E-state index is -0.195. The van der Waals surface area contributed by atoms with Crippen LogP contribution in [0.1, 0.15) is 35.5 Å². The maximum atomic E-state index is 11.9. The molecule has 0 spiro atoms. The minimum absolute atomic E-state index is 0.195. The van der Waals surface area contributed by atoms with Gasteiger partial charge in [-0.25, -0.2) is 0 Å². The second-order valence-electron chi connectivity index (χ2n) is 5.83. The number of carbonyl (C=O) groups excluding carboxylic acids is 1. The van der Waals surface area contributed by atoms with Crippen molar-refractivity contribution in [2.75, 3.05) is 11.9 Å². The Kier molecular flexibility index (Phi) is 5.09. The Hall–Kier alpha value is -2.43. The highest BCUT2D eigenvalue weighted by atomic mass is 16.1. The fraction of sp³-hybridized carbons (Fsp3) is 0.353. The van der Waals surface area contributed by atoms with Crippen molar-refractivity contribution in [3.8, 4) is 0 Å². The minimum Gasteiger partial charge on any atom is -0.350 e. The number of benzene rings is 1. The molecule has 2 N–H and O–H groups in total. The van der Waals surface area contributed by atoms with Gasteiger partial charge in [0.25, 0.3) is 5.91 Å². The number of hydrogen-bond donors (Lipinski definition) is 2. The lowest BCUT2D eigenvalue weighted by Crippen LogP contribution is -2.28. The monoisotopic (exact) mass is 298 g/mol. The molecule has 0 unspecified atom stereocenters. The zero-order chi connectivity index (χ0) is 16.1. The number of carbonyl (C=O) groups is 1. The van der Waals surface area contributed by atoms with Crippen molar-refractivity contribution >= 4 is 17.4 Å². The predicted octanol–water partition coefficient (Wildman–Crippen LogP) is 3.22. The summed E-state index contributed by atoms with van der Waals surface area (Å²) in [4.78, 5) is 11.9. The highest BCUT2D eigenvalue weighted by molar-refractivity contribution is 5.92. The lowest BCUT2D eigenvalue weighted by molar-refractivity contribution is 0.0943. The topological polar surface area (TPSA) is 66.9 Å². The highest BCUT2D eigenvalue weighted by Gasteiger charge is 2.08. The van der Waals surface area contributed by atoms with Crippen molar-refractivity contribution in [1.29, 1.82) is 0 Å². The molecule has 0 aliphatic rings. The fourth-order valence-electron chi connectivity index (χ4n) is 1.87. The Balaban J connectivity index is 2.02. The van der Waals surface area contributed by atoms with E-state index in [0.29, 0.717) is 24.0 Å². The van der Waals surface area contributed by atoms with Gasteiger partial charge in [-0.2, -0.15) is 0 Å². The first kappa shape index (κ1) is 15.9. The Bertz CT molecular complexity index is 650. The van der Waals surface area contributed by atoms with Crippen LogP contribution in [0.25, 0.3) is 0 Å². The van der Waals surface area contributed by atoms with Gasteiger partial charge in [0.2, 0.25) is 0 Å². The van der Waals surface area contributed by atoms with Crippen LogP contribution in [-0.4, -0.2) is 22.6 Å². The van der Waals surface area contributed by atoms with Crippen LogP contribution in [0.15, 0.2) is 30.3 Å². The van der Waals surface area contributed by atoms with E-state index < -0.39 is 0 Å². The van der Waals surface area contributed by atoms with E-state index in [0.717, 1.165) is 5.69 Å². The molecule has 1 heterocycles. The van der Waals surface area contributed by atoms with Crippen molar-refractivity contribution in [3.63, 3.8) is 0 Å². The summed E-state index contributed by atoms with van der Waals surface area (Å²) in [6.07, 6.45) is 0. The van der Waals surface area contributed by atoms with Crippen LogP contribution in [0.5, 0.6) is 0 Å². The molecule has 2 aromatic rings. The van der Waals surface area contributed by atoms with Gasteiger partial charge in [-0.3, -0.25) is 4.79 Å². The maximum Gasteiger partial charge on any atom is 0.271 e. The molecule has 0 aliphatic carbocycles. The molecule has 5 heteroatoms. The molecule has 0 saturated carbocycles. The number of rotatable bonds is 5. The molecule has 0 bridgehead atoms. The third-order valence-corrected chi connectivity index (χ3v) is 3.35.